The lowest BCUT2D eigenvalue weighted by atomic mass is 10.1. The van der Waals surface area contributed by atoms with Gasteiger partial charge in [0.05, 0.1) is 11.7 Å². The number of hydrogen-bond acceptors (Lipinski definition) is 3. The molecule has 0 bridgehead atoms. The van der Waals surface area contributed by atoms with Crippen LogP contribution in [0.5, 0.6) is 0 Å². The molecule has 76 valence electrons. The fourth-order valence-electron chi connectivity index (χ4n) is 2.14. The molecule has 1 aromatic heterocycles. The Morgan fingerprint density at radius 2 is 2.64 bits per heavy atom. The van der Waals surface area contributed by atoms with Gasteiger partial charge in [0, 0.05) is 0 Å². The molecule has 14 heavy (non-hydrogen) atoms. The number of hydrogen-bond donors (Lipinski definition) is 1. The predicted molar refractivity (Wildman–Crippen MR) is 53.2 cm³/mol. The number of aromatic amines is 1. The number of carbonyl (C=O) groups excluding carboxylic acids is 1. The molecule has 1 N–H and O–H groups in total. The average molecular weight is 193 g/mol. The maximum absolute atomic E-state index is 10.5. The van der Waals surface area contributed by atoms with E-state index in [0.29, 0.717) is 11.7 Å². The molecule has 4 nitrogen and oxygen atoms in total. The van der Waals surface area contributed by atoms with Crippen molar-refractivity contribution < 1.29 is 4.79 Å². The van der Waals surface area contributed by atoms with Gasteiger partial charge in [-0.3, -0.25) is 14.8 Å². The second kappa shape index (κ2) is 3.92. The van der Waals surface area contributed by atoms with Gasteiger partial charge in [-0.1, -0.05) is 6.92 Å². The third-order valence-electron chi connectivity index (χ3n) is 2.87. The minimum atomic E-state index is 0.432. The number of aromatic nitrogens is 2. The van der Waals surface area contributed by atoms with Crippen molar-refractivity contribution in [3.8, 4) is 0 Å². The average Bonchev–Trinajstić information content (AvgIpc) is 2.85. The molecule has 4 heteroatoms. The zero-order valence-electron chi connectivity index (χ0n) is 8.36. The summed E-state index contributed by atoms with van der Waals surface area (Å²) >= 11 is 0. The van der Waals surface area contributed by atoms with Gasteiger partial charge in [-0.25, -0.2) is 0 Å². The highest BCUT2D eigenvalue weighted by atomic mass is 16.1. The van der Waals surface area contributed by atoms with Crippen molar-refractivity contribution in [1.82, 2.24) is 15.1 Å². The van der Waals surface area contributed by atoms with E-state index in [1.165, 1.54) is 6.42 Å². The first-order chi connectivity index (χ1) is 6.85. The normalized spacial score (nSPS) is 22.8. The second-order valence-electron chi connectivity index (χ2n) is 3.65. The summed E-state index contributed by atoms with van der Waals surface area (Å²) in [6, 6.07) is 2.28. The summed E-state index contributed by atoms with van der Waals surface area (Å²) < 4.78 is 0. The van der Waals surface area contributed by atoms with E-state index >= 15 is 0 Å². The van der Waals surface area contributed by atoms with E-state index in [4.69, 9.17) is 0 Å². The van der Waals surface area contributed by atoms with Crippen molar-refractivity contribution in [3.05, 3.63) is 17.5 Å². The molecular weight excluding hydrogens is 178 g/mol. The lowest BCUT2D eigenvalue weighted by Crippen LogP contribution is -2.22. The van der Waals surface area contributed by atoms with Crippen LogP contribution in [0.15, 0.2) is 6.07 Å². The monoisotopic (exact) mass is 193 g/mol. The highest BCUT2D eigenvalue weighted by Crippen LogP contribution is 2.30. The molecule has 1 saturated heterocycles. The van der Waals surface area contributed by atoms with Gasteiger partial charge in [-0.05, 0) is 32.0 Å². The van der Waals surface area contributed by atoms with E-state index in [1.807, 2.05) is 6.07 Å². The predicted octanol–water partition coefficient (Wildman–Crippen LogP) is 1.38. The molecular formula is C10H15N3O. The fraction of sp³-hybridized carbons (Fsp3) is 0.600. The molecule has 0 amide bonds. The Labute approximate surface area is 83.3 Å². The van der Waals surface area contributed by atoms with Crippen LogP contribution in [0.3, 0.4) is 0 Å². The Morgan fingerprint density at radius 3 is 3.29 bits per heavy atom. The molecule has 1 aliphatic heterocycles. The van der Waals surface area contributed by atoms with E-state index in [0.717, 1.165) is 31.5 Å². The summed E-state index contributed by atoms with van der Waals surface area (Å²) in [5.74, 6) is 0. The lowest BCUT2D eigenvalue weighted by molar-refractivity contribution is 0.111. The minimum Gasteiger partial charge on any atom is -0.296 e. The highest BCUT2D eigenvalue weighted by Gasteiger charge is 2.25. The standard InChI is InChI=1S/C10H15N3O/c1-2-13-5-3-4-10(13)9-6-8(7-14)11-12-9/h6-7,10H,2-5H2,1H3,(H,11,12). The van der Waals surface area contributed by atoms with Crippen molar-refractivity contribution in [2.75, 3.05) is 13.1 Å². The number of H-pyrrole nitrogens is 1. The zero-order chi connectivity index (χ0) is 9.97. The highest BCUT2D eigenvalue weighted by molar-refractivity contribution is 5.71. The number of aldehydes is 1. The number of rotatable bonds is 3. The summed E-state index contributed by atoms with van der Waals surface area (Å²) in [6.45, 7) is 4.37. The summed E-state index contributed by atoms with van der Waals surface area (Å²) in [6.07, 6.45) is 3.17. The third kappa shape index (κ3) is 1.57. The summed E-state index contributed by atoms with van der Waals surface area (Å²) in [5, 5.41) is 6.87. The number of likely N-dealkylation sites (tertiary alicyclic amines) is 1. The second-order valence-corrected chi connectivity index (χ2v) is 3.65. The first-order valence-electron chi connectivity index (χ1n) is 5.09. The summed E-state index contributed by atoms with van der Waals surface area (Å²) in [7, 11) is 0. The molecule has 1 aliphatic rings. The van der Waals surface area contributed by atoms with Gasteiger partial charge in [-0.15, -0.1) is 0 Å². The first kappa shape index (κ1) is 9.40. The van der Waals surface area contributed by atoms with Gasteiger partial charge in [0.2, 0.25) is 0 Å². The molecule has 1 fully saturated rings. The number of nitrogens with zero attached hydrogens (tertiary/aromatic N) is 2. The van der Waals surface area contributed by atoms with E-state index in [2.05, 4.69) is 22.0 Å². The van der Waals surface area contributed by atoms with E-state index in [9.17, 15) is 4.79 Å². The Balaban J connectivity index is 2.17. The van der Waals surface area contributed by atoms with Crippen LogP contribution in [-0.4, -0.2) is 34.5 Å². The van der Waals surface area contributed by atoms with Crippen LogP contribution in [0.1, 0.15) is 42.0 Å². The Morgan fingerprint density at radius 1 is 1.79 bits per heavy atom. The van der Waals surface area contributed by atoms with Gasteiger partial charge in [0.25, 0.3) is 0 Å². The smallest absolute Gasteiger partial charge is 0.170 e. The topological polar surface area (TPSA) is 49.0 Å². The van der Waals surface area contributed by atoms with Crippen LogP contribution in [0.4, 0.5) is 0 Å². The zero-order valence-corrected chi connectivity index (χ0v) is 8.36. The summed E-state index contributed by atoms with van der Waals surface area (Å²) in [4.78, 5) is 12.9. The first-order valence-corrected chi connectivity index (χ1v) is 5.09. The minimum absolute atomic E-state index is 0.432. The van der Waals surface area contributed by atoms with Crippen molar-refractivity contribution in [3.63, 3.8) is 0 Å². The Bertz CT molecular complexity index is 321. The van der Waals surface area contributed by atoms with Crippen LogP contribution in [-0.2, 0) is 0 Å². The maximum atomic E-state index is 10.5. The maximum Gasteiger partial charge on any atom is 0.170 e. The fourth-order valence-corrected chi connectivity index (χ4v) is 2.14. The van der Waals surface area contributed by atoms with Crippen LogP contribution < -0.4 is 0 Å². The molecule has 1 aromatic rings. The molecule has 2 rings (SSSR count). The lowest BCUT2D eigenvalue weighted by Gasteiger charge is -2.20. The Hall–Kier alpha value is -1.16. The molecule has 0 saturated carbocycles. The van der Waals surface area contributed by atoms with Gasteiger partial charge in [-0.2, -0.15) is 5.10 Å². The molecule has 0 aliphatic carbocycles. The molecule has 1 atom stereocenters. The van der Waals surface area contributed by atoms with E-state index < -0.39 is 0 Å². The summed E-state index contributed by atoms with van der Waals surface area (Å²) in [5.41, 5.74) is 1.58. The van der Waals surface area contributed by atoms with Gasteiger partial charge < -0.3 is 0 Å². The van der Waals surface area contributed by atoms with Crippen molar-refractivity contribution >= 4 is 6.29 Å². The molecule has 0 radical (unpaired) electrons. The van der Waals surface area contributed by atoms with Crippen LogP contribution in [0, 0.1) is 0 Å². The van der Waals surface area contributed by atoms with E-state index in [-0.39, 0.29) is 0 Å². The third-order valence-corrected chi connectivity index (χ3v) is 2.87. The Kier molecular flexibility index (Phi) is 2.63. The van der Waals surface area contributed by atoms with Gasteiger partial charge in [0.1, 0.15) is 5.69 Å². The van der Waals surface area contributed by atoms with Crippen LogP contribution in [0.2, 0.25) is 0 Å². The van der Waals surface area contributed by atoms with Crippen molar-refractivity contribution in [2.24, 2.45) is 0 Å². The number of nitrogens with one attached hydrogen (secondary N) is 1. The quantitative estimate of drug-likeness (QED) is 0.738. The van der Waals surface area contributed by atoms with Crippen molar-refractivity contribution in [1.29, 1.82) is 0 Å². The number of carbonyl (C=O) groups is 1. The molecule has 0 aromatic carbocycles. The SMILES string of the molecule is CCN1CCCC1c1cc(C=O)n[nH]1. The van der Waals surface area contributed by atoms with Crippen LogP contribution in [0.25, 0.3) is 0 Å². The largest absolute Gasteiger partial charge is 0.296 e. The van der Waals surface area contributed by atoms with Gasteiger partial charge >= 0.3 is 0 Å². The molecule has 1 unspecified atom stereocenters. The van der Waals surface area contributed by atoms with E-state index in [1.54, 1.807) is 0 Å². The molecule has 2 heterocycles. The molecule has 0 spiro atoms. The van der Waals surface area contributed by atoms with Crippen molar-refractivity contribution in [2.45, 2.75) is 25.8 Å². The van der Waals surface area contributed by atoms with Gasteiger partial charge in [0.15, 0.2) is 6.29 Å². The van der Waals surface area contributed by atoms with Crippen LogP contribution >= 0.6 is 0 Å².